The van der Waals surface area contributed by atoms with Crippen molar-refractivity contribution in [2.24, 2.45) is 0 Å². The number of ether oxygens (including phenoxy) is 1. The lowest BCUT2D eigenvalue weighted by atomic mass is 10.2. The molecular formula is C8H14O3S2. The number of carbonyl (C=O) groups is 2. The average molecular weight is 222 g/mol. The van der Waals surface area contributed by atoms with Crippen LogP contribution < -0.4 is 0 Å². The first kappa shape index (κ1) is 15.1. The van der Waals surface area contributed by atoms with Crippen LogP contribution in [-0.2, 0) is 9.53 Å². The first-order valence-electron chi connectivity index (χ1n) is 3.46. The number of thiol groups is 2. The molecule has 0 radical (unpaired) electrons. The zero-order chi connectivity index (χ0) is 11.1. The molecule has 0 bridgehead atoms. The van der Waals surface area contributed by atoms with Gasteiger partial charge in [0.25, 0.3) is 0 Å². The Balaban J connectivity index is 0. The molecule has 0 unspecified atom stereocenters. The molecule has 0 aromatic carbocycles. The van der Waals surface area contributed by atoms with Gasteiger partial charge in [0.05, 0.1) is 0 Å². The van der Waals surface area contributed by atoms with Crippen LogP contribution in [-0.4, -0.2) is 16.0 Å². The molecule has 76 valence electrons. The number of hydrogen-bond donors (Lipinski definition) is 2. The fourth-order valence-corrected chi connectivity index (χ4v) is 0.343. The average Bonchev–Trinajstić information content (AvgIpc) is 1.82. The summed E-state index contributed by atoms with van der Waals surface area (Å²) < 4.78 is 4.39. The SMILES string of the molecule is C=CC(=O)OC(C)(C)C.O=C(S)S. The van der Waals surface area contributed by atoms with Gasteiger partial charge in [0.15, 0.2) is 0 Å². The minimum atomic E-state index is -0.444. The normalized spacial score (nSPS) is 9.31. The van der Waals surface area contributed by atoms with Crippen LogP contribution in [0.2, 0.25) is 0 Å². The lowest BCUT2D eigenvalue weighted by Gasteiger charge is -2.17. The van der Waals surface area contributed by atoms with Gasteiger partial charge in [-0.1, -0.05) is 31.8 Å². The number of rotatable bonds is 1. The number of carbonyl (C=O) groups excluding carboxylic acids is 2. The maximum atomic E-state index is 10.5. The molecule has 13 heavy (non-hydrogen) atoms. The molecule has 0 fully saturated rings. The molecule has 0 amide bonds. The Hall–Kier alpha value is -0.420. The van der Waals surface area contributed by atoms with Gasteiger partial charge in [-0.3, -0.25) is 4.79 Å². The van der Waals surface area contributed by atoms with Crippen molar-refractivity contribution in [3.63, 3.8) is 0 Å². The lowest BCUT2D eigenvalue weighted by Crippen LogP contribution is -2.22. The second kappa shape index (κ2) is 7.03. The maximum Gasteiger partial charge on any atom is 0.330 e. The number of esters is 1. The van der Waals surface area contributed by atoms with E-state index in [0.717, 1.165) is 6.08 Å². The van der Waals surface area contributed by atoms with Gasteiger partial charge >= 0.3 is 5.97 Å². The van der Waals surface area contributed by atoms with Crippen molar-refractivity contribution in [3.05, 3.63) is 12.7 Å². The van der Waals surface area contributed by atoms with Gasteiger partial charge in [-0.15, -0.1) is 0 Å². The van der Waals surface area contributed by atoms with Gasteiger partial charge in [0.1, 0.15) is 5.60 Å². The quantitative estimate of drug-likeness (QED) is 0.407. The fourth-order valence-electron chi connectivity index (χ4n) is 0.343. The molecule has 0 atom stereocenters. The van der Waals surface area contributed by atoms with Crippen molar-refractivity contribution in [3.8, 4) is 0 Å². The topological polar surface area (TPSA) is 43.4 Å². The summed E-state index contributed by atoms with van der Waals surface area (Å²) in [6.07, 6.45) is 1.16. The van der Waals surface area contributed by atoms with Crippen molar-refractivity contribution >= 4 is 35.7 Å². The van der Waals surface area contributed by atoms with Crippen molar-refractivity contribution in [2.75, 3.05) is 0 Å². The van der Waals surface area contributed by atoms with Crippen molar-refractivity contribution in [1.29, 1.82) is 0 Å². The van der Waals surface area contributed by atoms with E-state index in [9.17, 15) is 9.59 Å². The van der Waals surface area contributed by atoms with E-state index in [1.165, 1.54) is 0 Å². The third-order valence-electron chi connectivity index (χ3n) is 0.573. The molecule has 0 N–H and O–H groups in total. The van der Waals surface area contributed by atoms with Crippen LogP contribution >= 0.6 is 25.3 Å². The molecule has 0 aliphatic carbocycles. The molecule has 0 aromatic heterocycles. The molecule has 0 aromatic rings. The van der Waals surface area contributed by atoms with E-state index in [0.29, 0.717) is 0 Å². The highest BCUT2D eigenvalue weighted by Gasteiger charge is 2.12. The Morgan fingerprint density at radius 1 is 1.31 bits per heavy atom. The molecule has 0 heterocycles. The van der Waals surface area contributed by atoms with Gasteiger partial charge in [-0.2, -0.15) is 0 Å². The van der Waals surface area contributed by atoms with Gasteiger partial charge in [0, 0.05) is 6.08 Å². The monoisotopic (exact) mass is 222 g/mol. The van der Waals surface area contributed by atoms with E-state index >= 15 is 0 Å². The standard InChI is InChI=1S/C7H12O2.CH2OS2/c1-5-6(8)9-7(2,3)4;2-1(3)4/h5H,1H2,2-4H3;(H2,2,3,4). The first-order chi connectivity index (χ1) is 5.69. The summed E-state index contributed by atoms with van der Waals surface area (Å²) >= 11 is 6.38. The maximum absolute atomic E-state index is 10.5. The van der Waals surface area contributed by atoms with E-state index in [1.807, 2.05) is 20.8 Å². The van der Waals surface area contributed by atoms with Gasteiger partial charge in [-0.25, -0.2) is 4.79 Å². The second-order valence-electron chi connectivity index (χ2n) is 3.02. The van der Waals surface area contributed by atoms with Crippen LogP contribution in [0.25, 0.3) is 0 Å². The van der Waals surface area contributed by atoms with Gasteiger partial charge in [0.2, 0.25) is 4.45 Å². The molecule has 0 aliphatic rings. The molecule has 3 nitrogen and oxygen atoms in total. The lowest BCUT2D eigenvalue weighted by molar-refractivity contribution is -0.148. The van der Waals surface area contributed by atoms with Crippen LogP contribution in [0.4, 0.5) is 4.79 Å². The van der Waals surface area contributed by atoms with E-state index < -0.39 is 10.0 Å². The largest absolute Gasteiger partial charge is 0.457 e. The molecular weight excluding hydrogens is 208 g/mol. The number of hydrogen-bond acceptors (Lipinski definition) is 3. The van der Waals surface area contributed by atoms with E-state index in [2.05, 4.69) is 31.8 Å². The summed E-state index contributed by atoms with van der Waals surface area (Å²) in [6.45, 7) is 8.71. The smallest absolute Gasteiger partial charge is 0.330 e. The molecule has 5 heteroatoms. The zero-order valence-electron chi connectivity index (χ0n) is 7.90. The van der Waals surface area contributed by atoms with Crippen molar-refractivity contribution < 1.29 is 14.3 Å². The first-order valence-corrected chi connectivity index (χ1v) is 4.36. The second-order valence-corrected chi connectivity index (χ2v) is 4.19. The summed E-state index contributed by atoms with van der Waals surface area (Å²) in [5.41, 5.74) is -0.398. The van der Waals surface area contributed by atoms with Crippen molar-refractivity contribution in [1.82, 2.24) is 0 Å². The van der Waals surface area contributed by atoms with Crippen LogP contribution in [0.3, 0.4) is 0 Å². The minimum absolute atomic E-state index is 0.373. The Bertz CT molecular complexity index is 190. The molecule has 0 saturated heterocycles. The molecule has 0 rings (SSSR count). The van der Waals surface area contributed by atoms with Crippen LogP contribution in [0.5, 0.6) is 0 Å². The predicted molar refractivity (Wildman–Crippen MR) is 59.4 cm³/mol. The highest BCUT2D eigenvalue weighted by Crippen LogP contribution is 2.06. The van der Waals surface area contributed by atoms with Gasteiger partial charge < -0.3 is 4.74 Å². The Morgan fingerprint density at radius 2 is 1.62 bits per heavy atom. The minimum Gasteiger partial charge on any atom is -0.457 e. The van der Waals surface area contributed by atoms with Crippen LogP contribution in [0.15, 0.2) is 12.7 Å². The van der Waals surface area contributed by atoms with E-state index in [-0.39, 0.29) is 5.97 Å². The highest BCUT2D eigenvalue weighted by atomic mass is 32.2. The van der Waals surface area contributed by atoms with E-state index in [4.69, 9.17) is 4.74 Å². The van der Waals surface area contributed by atoms with Crippen LogP contribution in [0, 0.1) is 0 Å². The highest BCUT2D eigenvalue weighted by molar-refractivity contribution is 8.23. The fraction of sp³-hybridized carbons (Fsp3) is 0.500. The molecule has 0 aliphatic heterocycles. The Morgan fingerprint density at radius 3 is 1.69 bits per heavy atom. The van der Waals surface area contributed by atoms with Crippen LogP contribution in [0.1, 0.15) is 20.8 Å². The summed E-state index contributed by atoms with van der Waals surface area (Å²) in [7, 11) is 0. The zero-order valence-corrected chi connectivity index (χ0v) is 9.69. The van der Waals surface area contributed by atoms with E-state index in [1.54, 1.807) is 0 Å². The molecule has 0 saturated carbocycles. The summed E-state index contributed by atoms with van der Waals surface area (Å²) in [4.78, 5) is 19.7. The Kier molecular flexibility index (Phi) is 8.15. The summed E-state index contributed by atoms with van der Waals surface area (Å²) in [5.74, 6) is -0.373. The summed E-state index contributed by atoms with van der Waals surface area (Å²) in [5, 5.41) is 0. The predicted octanol–water partition coefficient (Wildman–Crippen LogP) is 2.48. The summed E-state index contributed by atoms with van der Waals surface area (Å²) in [6, 6.07) is 0. The Labute approximate surface area is 89.4 Å². The molecule has 0 spiro atoms. The third-order valence-corrected chi connectivity index (χ3v) is 0.573. The van der Waals surface area contributed by atoms with Crippen molar-refractivity contribution in [2.45, 2.75) is 26.4 Å². The van der Waals surface area contributed by atoms with Gasteiger partial charge in [-0.05, 0) is 20.8 Å². The third kappa shape index (κ3) is 24.5.